The van der Waals surface area contributed by atoms with Crippen molar-refractivity contribution in [2.24, 2.45) is 0 Å². The van der Waals surface area contributed by atoms with Crippen molar-refractivity contribution in [2.45, 2.75) is 50.5 Å². The largest absolute Gasteiger partial charge is 0.394 e. The summed E-state index contributed by atoms with van der Waals surface area (Å²) in [6.07, 6.45) is -4.13. The van der Waals surface area contributed by atoms with E-state index in [0.29, 0.717) is 6.61 Å². The number of hydrogen-bond acceptors (Lipinski definition) is 6. The molecule has 1 aliphatic heterocycles. The van der Waals surface area contributed by atoms with Crippen LogP contribution in [-0.2, 0) is 9.47 Å². The van der Waals surface area contributed by atoms with Gasteiger partial charge in [-0.1, -0.05) is 13.3 Å². The zero-order chi connectivity index (χ0) is 12.1. The number of rotatable bonds is 5. The van der Waals surface area contributed by atoms with Gasteiger partial charge in [-0.05, 0) is 6.42 Å². The van der Waals surface area contributed by atoms with E-state index in [1.54, 1.807) is 0 Å². The van der Waals surface area contributed by atoms with Crippen molar-refractivity contribution in [2.75, 3.05) is 13.2 Å². The van der Waals surface area contributed by atoms with Crippen LogP contribution in [0, 0.1) is 0 Å². The molecule has 0 aromatic heterocycles. The molecule has 0 radical (unpaired) electrons. The number of aliphatic hydroxyl groups excluding tert-OH is 4. The van der Waals surface area contributed by atoms with E-state index >= 15 is 0 Å². The summed E-state index contributed by atoms with van der Waals surface area (Å²) < 4.78 is 10.4. The second kappa shape index (κ2) is 6.48. The number of hydrogen-bond donors (Lipinski definition) is 4. The Morgan fingerprint density at radius 1 is 1.12 bits per heavy atom. The molecule has 5 atom stereocenters. The van der Waals surface area contributed by atoms with E-state index in [9.17, 15) is 15.3 Å². The monoisotopic (exact) mass is 236 g/mol. The molecule has 6 nitrogen and oxygen atoms in total. The summed E-state index contributed by atoms with van der Waals surface area (Å²) in [5.74, 6) is 0. The van der Waals surface area contributed by atoms with Gasteiger partial charge in [0.05, 0.1) is 6.61 Å². The molecule has 6 heteroatoms. The Bertz CT molecular complexity index is 198. The van der Waals surface area contributed by atoms with E-state index in [1.165, 1.54) is 0 Å². The van der Waals surface area contributed by atoms with Crippen LogP contribution in [0.25, 0.3) is 0 Å². The highest BCUT2D eigenvalue weighted by Gasteiger charge is 2.43. The van der Waals surface area contributed by atoms with Gasteiger partial charge in [0.2, 0.25) is 0 Å². The molecule has 96 valence electrons. The first-order chi connectivity index (χ1) is 7.61. The van der Waals surface area contributed by atoms with Crippen LogP contribution >= 0.6 is 0 Å². The van der Waals surface area contributed by atoms with Crippen LogP contribution in [0.4, 0.5) is 0 Å². The van der Waals surface area contributed by atoms with E-state index in [1.807, 2.05) is 6.92 Å². The summed E-state index contributed by atoms with van der Waals surface area (Å²) in [6, 6.07) is 0. The molecule has 0 spiro atoms. The molecule has 0 aliphatic carbocycles. The fraction of sp³-hybridized carbons (Fsp3) is 1.00. The molecule has 2 unspecified atom stereocenters. The second-order valence-corrected chi connectivity index (χ2v) is 3.92. The fourth-order valence-corrected chi connectivity index (χ4v) is 1.55. The Hall–Kier alpha value is -0.240. The fourth-order valence-electron chi connectivity index (χ4n) is 1.55. The first-order valence-corrected chi connectivity index (χ1v) is 5.54. The predicted octanol–water partition coefficient (Wildman–Crippen LogP) is -1.40. The molecular formula is C10H20O6. The minimum absolute atomic E-state index is 0.402. The molecule has 0 amide bonds. The van der Waals surface area contributed by atoms with Crippen molar-refractivity contribution >= 4 is 0 Å². The second-order valence-electron chi connectivity index (χ2n) is 3.92. The van der Waals surface area contributed by atoms with Gasteiger partial charge in [0.25, 0.3) is 0 Å². The van der Waals surface area contributed by atoms with Gasteiger partial charge in [-0.25, -0.2) is 0 Å². The van der Waals surface area contributed by atoms with Gasteiger partial charge in [0, 0.05) is 6.61 Å². The molecule has 4 N–H and O–H groups in total. The highest BCUT2D eigenvalue weighted by Crippen LogP contribution is 2.21. The molecular weight excluding hydrogens is 216 g/mol. The maximum atomic E-state index is 9.58. The van der Waals surface area contributed by atoms with Crippen molar-refractivity contribution in [1.82, 2.24) is 0 Å². The number of ether oxygens (including phenoxy) is 2. The Kier molecular flexibility index (Phi) is 5.60. The molecule has 0 aromatic carbocycles. The summed E-state index contributed by atoms with van der Waals surface area (Å²) in [7, 11) is 0. The zero-order valence-corrected chi connectivity index (χ0v) is 9.32. The third-order valence-corrected chi connectivity index (χ3v) is 2.63. The average Bonchev–Trinajstić information content (AvgIpc) is 2.29. The van der Waals surface area contributed by atoms with Crippen LogP contribution < -0.4 is 0 Å². The predicted molar refractivity (Wildman–Crippen MR) is 54.6 cm³/mol. The molecule has 0 aromatic rings. The van der Waals surface area contributed by atoms with E-state index in [-0.39, 0.29) is 0 Å². The van der Waals surface area contributed by atoms with Gasteiger partial charge in [0.1, 0.15) is 24.4 Å². The molecule has 0 saturated carbocycles. The maximum Gasteiger partial charge on any atom is 0.186 e. The van der Waals surface area contributed by atoms with Gasteiger partial charge >= 0.3 is 0 Å². The topological polar surface area (TPSA) is 99.4 Å². The van der Waals surface area contributed by atoms with Gasteiger partial charge in [-0.15, -0.1) is 0 Å². The van der Waals surface area contributed by atoms with E-state index in [4.69, 9.17) is 14.6 Å². The third-order valence-electron chi connectivity index (χ3n) is 2.63. The SMILES string of the molecule is CCCCO[C@@H]1OC(CO)[C@H](O)C(O)[C@@H]1O. The lowest BCUT2D eigenvalue weighted by molar-refractivity contribution is -0.301. The molecule has 1 saturated heterocycles. The van der Waals surface area contributed by atoms with Crippen LogP contribution in [0.5, 0.6) is 0 Å². The standard InChI is InChI=1S/C10H20O6/c1-2-3-4-15-10-9(14)8(13)7(12)6(5-11)16-10/h6-14H,2-5H2,1H3/t6?,7-,8?,9-,10+/m0/s1. The van der Waals surface area contributed by atoms with Gasteiger partial charge in [0.15, 0.2) is 6.29 Å². The van der Waals surface area contributed by atoms with E-state index in [2.05, 4.69) is 0 Å². The minimum Gasteiger partial charge on any atom is -0.394 e. The van der Waals surface area contributed by atoms with Gasteiger partial charge < -0.3 is 29.9 Å². The molecule has 1 heterocycles. The molecule has 16 heavy (non-hydrogen) atoms. The summed E-state index contributed by atoms with van der Waals surface area (Å²) in [5.41, 5.74) is 0. The summed E-state index contributed by atoms with van der Waals surface area (Å²) in [6.45, 7) is 1.97. The highest BCUT2D eigenvalue weighted by molar-refractivity contribution is 4.88. The van der Waals surface area contributed by atoms with Gasteiger partial charge in [-0.2, -0.15) is 0 Å². The van der Waals surface area contributed by atoms with E-state index < -0.39 is 37.3 Å². The minimum atomic E-state index is -1.36. The number of aliphatic hydroxyl groups is 4. The maximum absolute atomic E-state index is 9.58. The first-order valence-electron chi connectivity index (χ1n) is 5.54. The highest BCUT2D eigenvalue weighted by atomic mass is 16.7. The zero-order valence-electron chi connectivity index (χ0n) is 9.32. The van der Waals surface area contributed by atoms with Crippen molar-refractivity contribution in [3.63, 3.8) is 0 Å². The quantitative estimate of drug-likeness (QED) is 0.438. The van der Waals surface area contributed by atoms with Crippen LogP contribution in [0.3, 0.4) is 0 Å². The lowest BCUT2D eigenvalue weighted by Crippen LogP contribution is -2.59. The Labute approximate surface area is 94.4 Å². The Morgan fingerprint density at radius 3 is 2.38 bits per heavy atom. The van der Waals surface area contributed by atoms with Crippen molar-refractivity contribution in [3.8, 4) is 0 Å². The smallest absolute Gasteiger partial charge is 0.186 e. The van der Waals surface area contributed by atoms with Gasteiger partial charge in [-0.3, -0.25) is 0 Å². The van der Waals surface area contributed by atoms with Crippen LogP contribution in [0.2, 0.25) is 0 Å². The molecule has 1 aliphatic rings. The molecule has 1 fully saturated rings. The summed E-state index contributed by atoms with van der Waals surface area (Å²) in [4.78, 5) is 0. The Morgan fingerprint density at radius 2 is 1.81 bits per heavy atom. The third kappa shape index (κ3) is 3.13. The average molecular weight is 236 g/mol. The number of unbranched alkanes of at least 4 members (excludes halogenated alkanes) is 1. The summed E-state index contributed by atoms with van der Waals surface area (Å²) in [5, 5.41) is 37.5. The summed E-state index contributed by atoms with van der Waals surface area (Å²) >= 11 is 0. The Balaban J connectivity index is 2.50. The van der Waals surface area contributed by atoms with Crippen molar-refractivity contribution < 1.29 is 29.9 Å². The lowest BCUT2D eigenvalue weighted by atomic mass is 9.99. The van der Waals surface area contributed by atoms with Crippen LogP contribution in [0.15, 0.2) is 0 Å². The van der Waals surface area contributed by atoms with Crippen molar-refractivity contribution in [3.05, 3.63) is 0 Å². The normalized spacial score (nSPS) is 39.9. The van der Waals surface area contributed by atoms with Crippen LogP contribution in [0.1, 0.15) is 19.8 Å². The lowest BCUT2D eigenvalue weighted by Gasteiger charge is -2.39. The van der Waals surface area contributed by atoms with Crippen LogP contribution in [-0.4, -0.2) is 64.3 Å². The van der Waals surface area contributed by atoms with Crippen molar-refractivity contribution in [1.29, 1.82) is 0 Å². The molecule has 1 rings (SSSR count). The molecule has 0 bridgehead atoms. The van der Waals surface area contributed by atoms with E-state index in [0.717, 1.165) is 12.8 Å². The first kappa shape index (κ1) is 13.8.